The van der Waals surface area contributed by atoms with Gasteiger partial charge in [-0.1, -0.05) is 49.9 Å². The van der Waals surface area contributed by atoms with Gasteiger partial charge in [0.15, 0.2) is 11.5 Å². The fourth-order valence-corrected chi connectivity index (χ4v) is 3.40. The lowest BCUT2D eigenvalue weighted by molar-refractivity contribution is -0.123. The van der Waals surface area contributed by atoms with Gasteiger partial charge in [0.2, 0.25) is 0 Å². The van der Waals surface area contributed by atoms with Gasteiger partial charge in [0.25, 0.3) is 5.91 Å². The molecular weight excluding hydrogens is 504 g/mol. The number of terminal acetylenes is 1. The molecule has 2 aromatic rings. The minimum absolute atomic E-state index is 0.1000. The number of benzene rings is 2. The van der Waals surface area contributed by atoms with Gasteiger partial charge in [-0.3, -0.25) is 9.69 Å². The molecule has 0 spiro atoms. The van der Waals surface area contributed by atoms with E-state index in [1.807, 2.05) is 24.3 Å². The molecule has 0 saturated carbocycles. The molecule has 148 valence electrons. The summed E-state index contributed by atoms with van der Waals surface area (Å²) in [6.45, 7) is 0.279. The number of methoxy groups -OCH3 is 1. The van der Waals surface area contributed by atoms with Gasteiger partial charge in [-0.05, 0) is 41.5 Å². The molecule has 0 radical (unpaired) electrons. The molecule has 1 heterocycles. The van der Waals surface area contributed by atoms with Crippen LogP contribution in [0.15, 0.2) is 51.0 Å². The van der Waals surface area contributed by atoms with E-state index in [0.717, 1.165) is 14.9 Å². The second-order valence-corrected chi connectivity index (χ2v) is 7.79. The number of amides is 3. The van der Waals surface area contributed by atoms with Gasteiger partial charge in [0.05, 0.1) is 13.7 Å². The zero-order valence-corrected chi connectivity index (χ0v) is 18.5. The Morgan fingerprint density at radius 2 is 1.90 bits per heavy atom. The second kappa shape index (κ2) is 9.16. The summed E-state index contributed by atoms with van der Waals surface area (Å²) in [5, 5.41) is 2.62. The smallest absolute Gasteiger partial charge is 0.329 e. The number of carbonyl (C=O) groups excluding carboxylic acids is 2. The van der Waals surface area contributed by atoms with Crippen molar-refractivity contribution in [2.75, 3.05) is 13.7 Å². The van der Waals surface area contributed by atoms with Crippen molar-refractivity contribution >= 4 is 49.9 Å². The summed E-state index contributed by atoms with van der Waals surface area (Å²) in [4.78, 5) is 26.2. The number of carbonyl (C=O) groups is 2. The highest BCUT2D eigenvalue weighted by Crippen LogP contribution is 2.35. The third-order valence-electron chi connectivity index (χ3n) is 4.11. The fourth-order valence-electron chi connectivity index (χ4n) is 2.70. The van der Waals surface area contributed by atoms with Gasteiger partial charge >= 0.3 is 6.03 Å². The molecule has 2 aromatic carbocycles. The first-order valence-electron chi connectivity index (χ1n) is 8.45. The maximum Gasteiger partial charge on any atom is 0.329 e. The van der Waals surface area contributed by atoms with Gasteiger partial charge in [-0.15, -0.1) is 6.42 Å². The van der Waals surface area contributed by atoms with Crippen molar-refractivity contribution in [2.45, 2.75) is 6.54 Å². The Labute approximate surface area is 185 Å². The fraction of sp³-hybridized carbons (Fsp3) is 0.143. The number of urea groups is 1. The number of imide groups is 1. The van der Waals surface area contributed by atoms with Gasteiger partial charge in [-0.2, -0.15) is 0 Å². The van der Waals surface area contributed by atoms with E-state index in [2.05, 4.69) is 43.1 Å². The SMILES string of the molecule is C#CCOc1cc(Br)c(/C=C2/NC(=O)N(Cc3ccc(Br)cc3)C2=O)cc1OC. The Kier molecular flexibility index (Phi) is 6.62. The van der Waals surface area contributed by atoms with Gasteiger partial charge in [-0.25, -0.2) is 4.79 Å². The van der Waals surface area contributed by atoms with E-state index >= 15 is 0 Å². The molecule has 6 nitrogen and oxygen atoms in total. The first-order chi connectivity index (χ1) is 13.9. The monoisotopic (exact) mass is 518 g/mol. The normalized spacial score (nSPS) is 14.7. The molecule has 3 rings (SSSR count). The summed E-state index contributed by atoms with van der Waals surface area (Å²) in [5.41, 5.74) is 1.66. The Balaban J connectivity index is 1.85. The van der Waals surface area contributed by atoms with Crippen LogP contribution in [-0.2, 0) is 11.3 Å². The molecule has 0 atom stereocenters. The van der Waals surface area contributed by atoms with Crippen LogP contribution < -0.4 is 14.8 Å². The van der Waals surface area contributed by atoms with Crippen molar-refractivity contribution in [1.82, 2.24) is 10.2 Å². The van der Waals surface area contributed by atoms with E-state index in [9.17, 15) is 9.59 Å². The van der Waals surface area contributed by atoms with Gasteiger partial charge in [0, 0.05) is 8.95 Å². The molecule has 0 bridgehead atoms. The Morgan fingerprint density at radius 3 is 2.55 bits per heavy atom. The number of hydrogen-bond donors (Lipinski definition) is 1. The summed E-state index contributed by atoms with van der Waals surface area (Å²) in [7, 11) is 1.51. The lowest BCUT2D eigenvalue weighted by Gasteiger charge is -2.12. The molecule has 3 amide bonds. The average molecular weight is 520 g/mol. The molecular formula is C21H16Br2N2O4. The predicted molar refractivity (Wildman–Crippen MR) is 116 cm³/mol. The minimum Gasteiger partial charge on any atom is -0.493 e. The summed E-state index contributed by atoms with van der Waals surface area (Å²) in [5.74, 6) is 2.92. The molecule has 0 aromatic heterocycles. The summed E-state index contributed by atoms with van der Waals surface area (Å²) in [6, 6.07) is 10.3. The lowest BCUT2D eigenvalue weighted by Crippen LogP contribution is -2.30. The number of nitrogens with zero attached hydrogens (tertiary/aromatic N) is 1. The highest BCUT2D eigenvalue weighted by atomic mass is 79.9. The van der Waals surface area contributed by atoms with Crippen LogP contribution in [-0.4, -0.2) is 30.6 Å². The maximum absolute atomic E-state index is 12.7. The zero-order chi connectivity index (χ0) is 21.0. The number of nitrogens with one attached hydrogen (secondary N) is 1. The third-order valence-corrected chi connectivity index (χ3v) is 5.33. The quantitative estimate of drug-likeness (QED) is 0.350. The minimum atomic E-state index is -0.471. The molecule has 29 heavy (non-hydrogen) atoms. The predicted octanol–water partition coefficient (Wildman–Crippen LogP) is 4.33. The van der Waals surface area contributed by atoms with Crippen molar-refractivity contribution in [3.63, 3.8) is 0 Å². The van der Waals surface area contributed by atoms with Crippen LogP contribution in [0.25, 0.3) is 6.08 Å². The number of ether oxygens (including phenoxy) is 2. The first-order valence-corrected chi connectivity index (χ1v) is 10.0. The van der Waals surface area contributed by atoms with Crippen LogP contribution in [0.2, 0.25) is 0 Å². The molecule has 0 aliphatic carbocycles. The van der Waals surface area contributed by atoms with Crippen molar-refractivity contribution < 1.29 is 19.1 Å². The van der Waals surface area contributed by atoms with Crippen LogP contribution in [0.4, 0.5) is 4.79 Å². The molecule has 1 aliphatic heterocycles. The van der Waals surface area contributed by atoms with Gasteiger partial charge in [0.1, 0.15) is 12.3 Å². The van der Waals surface area contributed by atoms with Crippen molar-refractivity contribution in [2.24, 2.45) is 0 Å². The largest absolute Gasteiger partial charge is 0.493 e. The van der Waals surface area contributed by atoms with E-state index in [1.165, 1.54) is 7.11 Å². The van der Waals surface area contributed by atoms with E-state index < -0.39 is 11.9 Å². The zero-order valence-electron chi connectivity index (χ0n) is 15.4. The van der Waals surface area contributed by atoms with Gasteiger partial charge < -0.3 is 14.8 Å². The van der Waals surface area contributed by atoms with E-state index in [1.54, 1.807) is 18.2 Å². The summed E-state index contributed by atoms with van der Waals surface area (Å²) in [6.07, 6.45) is 6.81. The molecule has 8 heteroatoms. The van der Waals surface area contributed by atoms with Crippen molar-refractivity contribution in [3.05, 3.63) is 62.2 Å². The highest BCUT2D eigenvalue weighted by Gasteiger charge is 2.33. The van der Waals surface area contributed by atoms with Crippen LogP contribution >= 0.6 is 31.9 Å². The number of hydrogen-bond acceptors (Lipinski definition) is 4. The summed E-state index contributed by atoms with van der Waals surface area (Å²) < 4.78 is 12.4. The average Bonchev–Trinajstić information content (AvgIpc) is 2.97. The van der Waals surface area contributed by atoms with Crippen LogP contribution in [0.5, 0.6) is 11.5 Å². The molecule has 1 saturated heterocycles. The Hall–Kier alpha value is -2.76. The second-order valence-electron chi connectivity index (χ2n) is 6.02. The summed E-state index contributed by atoms with van der Waals surface area (Å²) >= 11 is 6.81. The molecule has 0 unspecified atom stereocenters. The van der Waals surface area contributed by atoms with Crippen molar-refractivity contribution in [1.29, 1.82) is 0 Å². The standard InChI is InChI=1S/C21H16Br2N2O4/c1-3-8-29-19-11-16(23)14(10-18(19)28-2)9-17-20(26)25(21(27)24-17)12-13-4-6-15(22)7-5-13/h1,4-7,9-11H,8,12H2,2H3,(H,24,27)/b17-9+. The molecule has 1 fully saturated rings. The Bertz CT molecular complexity index is 1030. The number of halogens is 2. The van der Waals surface area contributed by atoms with E-state index in [4.69, 9.17) is 15.9 Å². The molecule has 1 aliphatic rings. The third kappa shape index (κ3) is 4.81. The highest BCUT2D eigenvalue weighted by molar-refractivity contribution is 9.10. The molecule has 1 N–H and O–H groups in total. The van der Waals surface area contributed by atoms with E-state index in [0.29, 0.717) is 21.5 Å². The van der Waals surface area contributed by atoms with Crippen LogP contribution in [0, 0.1) is 12.3 Å². The van der Waals surface area contributed by atoms with Crippen molar-refractivity contribution in [3.8, 4) is 23.8 Å². The lowest BCUT2D eigenvalue weighted by atomic mass is 10.1. The van der Waals surface area contributed by atoms with E-state index in [-0.39, 0.29) is 18.8 Å². The van der Waals surface area contributed by atoms with Crippen LogP contribution in [0.1, 0.15) is 11.1 Å². The Morgan fingerprint density at radius 1 is 1.17 bits per heavy atom. The topological polar surface area (TPSA) is 67.9 Å². The van der Waals surface area contributed by atoms with Crippen LogP contribution in [0.3, 0.4) is 0 Å². The first kappa shape index (κ1) is 21.0. The number of rotatable bonds is 6. The maximum atomic E-state index is 12.7.